The summed E-state index contributed by atoms with van der Waals surface area (Å²) in [5.74, 6) is 0. The van der Waals surface area contributed by atoms with Gasteiger partial charge in [0.15, 0.2) is 0 Å². The van der Waals surface area contributed by atoms with E-state index in [0.29, 0.717) is 0 Å². The molecule has 0 bridgehead atoms. The van der Waals surface area contributed by atoms with E-state index in [9.17, 15) is 0 Å². The fraction of sp³-hybridized carbons (Fsp3) is 0.143. The molecule has 0 fully saturated rings. The Hall–Kier alpha value is -1.56. The number of allylic oxidation sites excluding steroid dienone is 6. The van der Waals surface area contributed by atoms with Gasteiger partial charge < -0.3 is 0 Å². The van der Waals surface area contributed by atoms with E-state index in [1.165, 1.54) is 0 Å². The zero-order chi connectivity index (χ0) is 11.5. The SMILES string of the molecule is C=C(C)C(=C)C(=C)C(=C)C(=C)C(=C)C. The number of hydrogen-bond acceptors (Lipinski definition) is 0. The second-order valence-electron chi connectivity index (χ2n) is 3.47. The molecule has 0 radical (unpaired) electrons. The van der Waals surface area contributed by atoms with Crippen molar-refractivity contribution in [3.05, 3.63) is 72.9 Å². The molecule has 0 aromatic heterocycles. The Morgan fingerprint density at radius 3 is 0.857 bits per heavy atom. The first-order chi connectivity index (χ1) is 6.29. The van der Waals surface area contributed by atoms with Crippen LogP contribution in [-0.2, 0) is 0 Å². The second-order valence-corrected chi connectivity index (χ2v) is 3.47. The first-order valence-corrected chi connectivity index (χ1v) is 4.37. The van der Waals surface area contributed by atoms with Gasteiger partial charge in [-0.25, -0.2) is 0 Å². The van der Waals surface area contributed by atoms with E-state index in [1.807, 2.05) is 13.8 Å². The van der Waals surface area contributed by atoms with E-state index in [1.54, 1.807) is 0 Å². The van der Waals surface area contributed by atoms with Gasteiger partial charge in [-0.15, -0.1) is 0 Å². The maximum absolute atomic E-state index is 3.92. The molecule has 0 aromatic rings. The Bertz CT molecular complexity index is 312. The summed E-state index contributed by atoms with van der Waals surface area (Å²) >= 11 is 0. The van der Waals surface area contributed by atoms with Crippen LogP contribution in [0.1, 0.15) is 13.8 Å². The predicted octanol–water partition coefficient (Wildman–Crippen LogP) is 4.36. The Kier molecular flexibility index (Phi) is 4.10. The van der Waals surface area contributed by atoms with E-state index >= 15 is 0 Å². The fourth-order valence-corrected chi connectivity index (χ4v) is 0.879. The second kappa shape index (κ2) is 4.61. The normalized spacial score (nSPS) is 9.00. The van der Waals surface area contributed by atoms with Gasteiger partial charge in [0, 0.05) is 0 Å². The summed E-state index contributed by atoms with van der Waals surface area (Å²) < 4.78 is 0. The monoisotopic (exact) mass is 186 g/mol. The van der Waals surface area contributed by atoms with Crippen molar-refractivity contribution in [2.45, 2.75) is 13.8 Å². The maximum Gasteiger partial charge on any atom is -0.0187 e. The Labute approximate surface area is 87.3 Å². The molecule has 0 unspecified atom stereocenters. The highest BCUT2D eigenvalue weighted by atomic mass is 14.1. The lowest BCUT2D eigenvalue weighted by Crippen LogP contribution is -1.95. The molecule has 0 saturated carbocycles. The summed E-state index contributed by atoms with van der Waals surface area (Å²) in [6.07, 6.45) is 0. The third-order valence-corrected chi connectivity index (χ3v) is 2.12. The molecule has 0 aliphatic rings. The van der Waals surface area contributed by atoms with Crippen molar-refractivity contribution >= 4 is 0 Å². The van der Waals surface area contributed by atoms with Gasteiger partial charge in [0.25, 0.3) is 0 Å². The molecule has 0 aliphatic carbocycles. The number of rotatable bonds is 5. The van der Waals surface area contributed by atoms with Crippen molar-refractivity contribution in [1.82, 2.24) is 0 Å². The zero-order valence-electron chi connectivity index (χ0n) is 9.24. The van der Waals surface area contributed by atoms with Crippen molar-refractivity contribution in [3.8, 4) is 0 Å². The molecule has 0 heterocycles. The molecule has 0 heteroatoms. The molecule has 0 saturated heterocycles. The van der Waals surface area contributed by atoms with Crippen molar-refractivity contribution in [2.24, 2.45) is 0 Å². The van der Waals surface area contributed by atoms with Crippen LogP contribution in [0.15, 0.2) is 72.9 Å². The average molecular weight is 186 g/mol. The molecular weight excluding hydrogens is 168 g/mol. The topological polar surface area (TPSA) is 0 Å². The van der Waals surface area contributed by atoms with Gasteiger partial charge in [-0.3, -0.25) is 0 Å². The summed E-state index contributed by atoms with van der Waals surface area (Å²) in [6, 6.07) is 0. The van der Waals surface area contributed by atoms with Crippen molar-refractivity contribution in [2.75, 3.05) is 0 Å². The summed E-state index contributed by atoms with van der Waals surface area (Å²) in [6.45, 7) is 27.0. The van der Waals surface area contributed by atoms with Crippen LogP contribution in [0.2, 0.25) is 0 Å². The molecule has 0 rings (SSSR count). The van der Waals surface area contributed by atoms with Crippen molar-refractivity contribution in [1.29, 1.82) is 0 Å². The fourth-order valence-electron chi connectivity index (χ4n) is 0.879. The van der Waals surface area contributed by atoms with Crippen molar-refractivity contribution < 1.29 is 0 Å². The van der Waals surface area contributed by atoms with E-state index in [2.05, 4.69) is 39.5 Å². The largest absolute Gasteiger partial charge is 0.0955 e. The quantitative estimate of drug-likeness (QED) is 0.559. The highest BCUT2D eigenvalue weighted by Crippen LogP contribution is 2.27. The minimum Gasteiger partial charge on any atom is -0.0955 e. The Morgan fingerprint density at radius 2 is 0.714 bits per heavy atom. The van der Waals surface area contributed by atoms with Crippen LogP contribution in [0.5, 0.6) is 0 Å². The maximum atomic E-state index is 3.92. The van der Waals surface area contributed by atoms with Crippen LogP contribution in [0.25, 0.3) is 0 Å². The van der Waals surface area contributed by atoms with Crippen LogP contribution in [-0.4, -0.2) is 0 Å². The van der Waals surface area contributed by atoms with E-state index in [4.69, 9.17) is 0 Å². The van der Waals surface area contributed by atoms with Crippen LogP contribution < -0.4 is 0 Å². The lowest BCUT2D eigenvalue weighted by molar-refractivity contribution is 1.33. The van der Waals surface area contributed by atoms with E-state index in [-0.39, 0.29) is 0 Å². The molecule has 0 aliphatic heterocycles. The minimum absolute atomic E-state index is 0.783. The zero-order valence-corrected chi connectivity index (χ0v) is 9.24. The van der Waals surface area contributed by atoms with Gasteiger partial charge in [-0.1, -0.05) is 50.6 Å². The Balaban J connectivity index is 4.82. The third kappa shape index (κ3) is 2.74. The van der Waals surface area contributed by atoms with Crippen molar-refractivity contribution in [3.63, 3.8) is 0 Å². The Morgan fingerprint density at radius 1 is 0.500 bits per heavy atom. The summed E-state index contributed by atoms with van der Waals surface area (Å²) in [5, 5.41) is 0. The first-order valence-electron chi connectivity index (χ1n) is 4.37. The predicted molar refractivity (Wildman–Crippen MR) is 66.2 cm³/mol. The number of hydrogen-bond donors (Lipinski definition) is 0. The molecule has 14 heavy (non-hydrogen) atoms. The summed E-state index contributed by atoms with van der Waals surface area (Å²) in [7, 11) is 0. The highest BCUT2D eigenvalue weighted by Gasteiger charge is 2.08. The van der Waals surface area contributed by atoms with Crippen LogP contribution in [0.3, 0.4) is 0 Å². The van der Waals surface area contributed by atoms with E-state index in [0.717, 1.165) is 33.4 Å². The van der Waals surface area contributed by atoms with Gasteiger partial charge in [0.2, 0.25) is 0 Å². The van der Waals surface area contributed by atoms with Gasteiger partial charge >= 0.3 is 0 Å². The van der Waals surface area contributed by atoms with Crippen LogP contribution in [0.4, 0.5) is 0 Å². The standard InChI is InChI=1S/C14H18/c1-9(2)11(5)13(7)14(8)12(6)10(3)4/h1,3,5-8H2,2,4H3. The molecule has 0 atom stereocenters. The molecule has 0 aromatic carbocycles. The lowest BCUT2D eigenvalue weighted by atomic mass is 9.91. The van der Waals surface area contributed by atoms with Gasteiger partial charge in [-0.05, 0) is 36.1 Å². The van der Waals surface area contributed by atoms with Gasteiger partial charge in [0.1, 0.15) is 0 Å². The van der Waals surface area contributed by atoms with Crippen LogP contribution in [0, 0.1) is 0 Å². The minimum atomic E-state index is 0.783. The van der Waals surface area contributed by atoms with Crippen LogP contribution >= 0.6 is 0 Å². The third-order valence-electron chi connectivity index (χ3n) is 2.12. The molecule has 0 spiro atoms. The molecular formula is C14H18. The lowest BCUT2D eigenvalue weighted by Gasteiger charge is -2.14. The highest BCUT2D eigenvalue weighted by molar-refractivity contribution is 5.60. The van der Waals surface area contributed by atoms with Gasteiger partial charge in [-0.2, -0.15) is 0 Å². The van der Waals surface area contributed by atoms with E-state index < -0.39 is 0 Å². The van der Waals surface area contributed by atoms with Gasteiger partial charge in [0.05, 0.1) is 0 Å². The average Bonchev–Trinajstić information content (AvgIpc) is 2.12. The smallest absolute Gasteiger partial charge is 0.0187 e. The molecule has 0 N–H and O–H groups in total. The first kappa shape index (κ1) is 12.4. The molecule has 0 amide bonds. The summed E-state index contributed by atoms with van der Waals surface area (Å²) in [5.41, 5.74) is 4.99. The molecule has 0 nitrogen and oxygen atoms in total. The summed E-state index contributed by atoms with van der Waals surface area (Å²) in [4.78, 5) is 0. The molecule has 74 valence electrons.